The van der Waals surface area contributed by atoms with Crippen LogP contribution in [0.5, 0.6) is 0 Å². The second-order valence-electron chi connectivity index (χ2n) is 5.55. The van der Waals surface area contributed by atoms with E-state index in [1.807, 2.05) is 31.7 Å². The molecule has 1 aliphatic rings. The van der Waals surface area contributed by atoms with Gasteiger partial charge < -0.3 is 15.5 Å². The van der Waals surface area contributed by atoms with Gasteiger partial charge in [0.25, 0.3) is 0 Å². The Morgan fingerprint density at radius 3 is 2.41 bits per heavy atom. The molecular formula is C15H26N6O. The lowest BCUT2D eigenvalue weighted by molar-refractivity contribution is -0.132. The van der Waals surface area contributed by atoms with Crippen molar-refractivity contribution in [1.29, 1.82) is 0 Å². The molecule has 1 aliphatic heterocycles. The predicted molar refractivity (Wildman–Crippen MR) is 87.8 cm³/mol. The highest BCUT2D eigenvalue weighted by Gasteiger charge is 2.21. The molecule has 0 atom stereocenters. The fourth-order valence-corrected chi connectivity index (χ4v) is 2.74. The first-order valence-electron chi connectivity index (χ1n) is 7.89. The normalized spacial score (nSPS) is 15.9. The molecule has 2 N–H and O–H groups in total. The maximum absolute atomic E-state index is 12.1. The zero-order valence-corrected chi connectivity index (χ0v) is 13.7. The van der Waals surface area contributed by atoms with Crippen LogP contribution in [0.3, 0.4) is 0 Å². The summed E-state index contributed by atoms with van der Waals surface area (Å²) in [6, 6.07) is 1.95. The summed E-state index contributed by atoms with van der Waals surface area (Å²) in [6.45, 7) is 11.4. The number of nitrogens with two attached hydrogens (primary N) is 1. The molecule has 0 aliphatic carbocycles. The van der Waals surface area contributed by atoms with E-state index in [0.29, 0.717) is 12.5 Å². The highest BCUT2D eigenvalue weighted by atomic mass is 16.2. The van der Waals surface area contributed by atoms with Gasteiger partial charge in [0.2, 0.25) is 11.9 Å². The fourth-order valence-electron chi connectivity index (χ4n) is 2.74. The smallest absolute Gasteiger partial charge is 0.236 e. The van der Waals surface area contributed by atoms with Crippen LogP contribution < -0.4 is 10.6 Å². The van der Waals surface area contributed by atoms with Gasteiger partial charge in [0.15, 0.2) is 0 Å². The number of rotatable bonds is 5. The second kappa shape index (κ2) is 7.40. The lowest BCUT2D eigenvalue weighted by Gasteiger charge is -2.35. The standard InChI is InChI=1S/C15H26N6O/c1-4-20(5-2)14(22)11-19-6-8-21(9-7-19)13-10-12(3)17-15(16)18-13/h10H,4-9,11H2,1-3H3,(H2,16,17,18). The Bertz CT molecular complexity index is 489. The third-order valence-electron chi connectivity index (χ3n) is 4.03. The third kappa shape index (κ3) is 4.07. The SMILES string of the molecule is CCN(CC)C(=O)CN1CCN(c2cc(C)nc(N)n2)CC1. The van der Waals surface area contributed by atoms with E-state index in [9.17, 15) is 4.79 Å². The maximum atomic E-state index is 12.1. The summed E-state index contributed by atoms with van der Waals surface area (Å²) in [7, 11) is 0. The van der Waals surface area contributed by atoms with Gasteiger partial charge in [0, 0.05) is 51.0 Å². The number of likely N-dealkylation sites (N-methyl/N-ethyl adjacent to an activating group) is 1. The van der Waals surface area contributed by atoms with Crippen molar-refractivity contribution >= 4 is 17.7 Å². The predicted octanol–water partition coefficient (Wildman–Crippen LogP) is 0.358. The van der Waals surface area contributed by atoms with E-state index in [0.717, 1.165) is 50.8 Å². The quantitative estimate of drug-likeness (QED) is 0.846. The first-order valence-corrected chi connectivity index (χ1v) is 7.89. The van der Waals surface area contributed by atoms with Gasteiger partial charge in [-0.2, -0.15) is 4.98 Å². The molecule has 7 heteroatoms. The van der Waals surface area contributed by atoms with E-state index in [2.05, 4.69) is 19.8 Å². The Balaban J connectivity index is 1.89. The Morgan fingerprint density at radius 2 is 1.86 bits per heavy atom. The largest absolute Gasteiger partial charge is 0.368 e. The van der Waals surface area contributed by atoms with Crippen molar-refractivity contribution in [3.8, 4) is 0 Å². The topological polar surface area (TPSA) is 78.6 Å². The van der Waals surface area contributed by atoms with Crippen molar-refractivity contribution < 1.29 is 4.79 Å². The summed E-state index contributed by atoms with van der Waals surface area (Å²) in [6.07, 6.45) is 0. The zero-order valence-electron chi connectivity index (χ0n) is 13.7. The Hall–Kier alpha value is -1.89. The molecule has 1 saturated heterocycles. The average molecular weight is 306 g/mol. The van der Waals surface area contributed by atoms with Gasteiger partial charge in [-0.15, -0.1) is 0 Å². The van der Waals surface area contributed by atoms with Crippen LogP contribution >= 0.6 is 0 Å². The first-order chi connectivity index (χ1) is 10.5. The number of piperazine rings is 1. The highest BCUT2D eigenvalue weighted by molar-refractivity contribution is 5.78. The molecule has 0 unspecified atom stereocenters. The van der Waals surface area contributed by atoms with Crippen molar-refractivity contribution in [1.82, 2.24) is 19.8 Å². The lowest BCUT2D eigenvalue weighted by atomic mass is 10.3. The van der Waals surface area contributed by atoms with Gasteiger partial charge in [-0.3, -0.25) is 9.69 Å². The second-order valence-corrected chi connectivity index (χ2v) is 5.55. The fraction of sp³-hybridized carbons (Fsp3) is 0.667. The van der Waals surface area contributed by atoms with Crippen LogP contribution in [0.1, 0.15) is 19.5 Å². The van der Waals surface area contributed by atoms with Crippen molar-refractivity contribution in [2.75, 3.05) is 56.4 Å². The summed E-state index contributed by atoms with van der Waals surface area (Å²) < 4.78 is 0. The number of aryl methyl sites for hydroxylation is 1. The van der Waals surface area contributed by atoms with Gasteiger partial charge in [-0.25, -0.2) is 4.98 Å². The number of carbonyl (C=O) groups is 1. The van der Waals surface area contributed by atoms with Crippen molar-refractivity contribution in [2.24, 2.45) is 0 Å². The van der Waals surface area contributed by atoms with E-state index >= 15 is 0 Å². The molecular weight excluding hydrogens is 280 g/mol. The Kier molecular flexibility index (Phi) is 5.54. The Morgan fingerprint density at radius 1 is 1.23 bits per heavy atom. The number of aromatic nitrogens is 2. The van der Waals surface area contributed by atoms with E-state index in [-0.39, 0.29) is 5.91 Å². The summed E-state index contributed by atoms with van der Waals surface area (Å²) in [4.78, 5) is 26.8. The number of nitrogens with zero attached hydrogens (tertiary/aromatic N) is 5. The van der Waals surface area contributed by atoms with E-state index in [1.54, 1.807) is 0 Å². The van der Waals surface area contributed by atoms with Crippen molar-refractivity contribution in [3.05, 3.63) is 11.8 Å². The number of amides is 1. The minimum absolute atomic E-state index is 0.209. The molecule has 0 bridgehead atoms. The molecule has 1 amide bonds. The molecule has 2 rings (SSSR count). The molecule has 7 nitrogen and oxygen atoms in total. The van der Waals surface area contributed by atoms with Gasteiger partial charge in [-0.1, -0.05) is 0 Å². The van der Waals surface area contributed by atoms with Gasteiger partial charge in [0.05, 0.1) is 6.54 Å². The molecule has 0 aromatic carbocycles. The minimum Gasteiger partial charge on any atom is -0.368 e. The van der Waals surface area contributed by atoms with Crippen molar-refractivity contribution in [2.45, 2.75) is 20.8 Å². The number of anilines is 2. The third-order valence-corrected chi connectivity index (χ3v) is 4.03. The molecule has 122 valence electrons. The van der Waals surface area contributed by atoms with Crippen LogP contribution in [0, 0.1) is 6.92 Å². The summed E-state index contributed by atoms with van der Waals surface area (Å²) in [5, 5.41) is 0. The van der Waals surface area contributed by atoms with E-state index in [4.69, 9.17) is 5.73 Å². The number of carbonyl (C=O) groups excluding carboxylic acids is 1. The van der Waals surface area contributed by atoms with Crippen LogP contribution in [-0.2, 0) is 4.79 Å². The van der Waals surface area contributed by atoms with Gasteiger partial charge >= 0.3 is 0 Å². The van der Waals surface area contributed by atoms with Crippen LogP contribution in [-0.4, -0.2) is 71.5 Å². The van der Waals surface area contributed by atoms with E-state index in [1.165, 1.54) is 0 Å². The van der Waals surface area contributed by atoms with Gasteiger partial charge in [-0.05, 0) is 20.8 Å². The van der Waals surface area contributed by atoms with Gasteiger partial charge in [0.1, 0.15) is 5.82 Å². The van der Waals surface area contributed by atoms with E-state index < -0.39 is 0 Å². The molecule has 0 saturated carbocycles. The molecule has 1 fully saturated rings. The zero-order chi connectivity index (χ0) is 16.1. The van der Waals surface area contributed by atoms with Crippen LogP contribution in [0.25, 0.3) is 0 Å². The van der Waals surface area contributed by atoms with Crippen LogP contribution in [0.4, 0.5) is 11.8 Å². The summed E-state index contributed by atoms with van der Waals surface area (Å²) in [5.41, 5.74) is 6.59. The number of nitrogen functional groups attached to an aromatic ring is 1. The monoisotopic (exact) mass is 306 g/mol. The summed E-state index contributed by atoms with van der Waals surface area (Å²) >= 11 is 0. The first kappa shape index (κ1) is 16.5. The molecule has 2 heterocycles. The average Bonchev–Trinajstić information content (AvgIpc) is 2.48. The molecule has 0 spiro atoms. The number of hydrogen-bond donors (Lipinski definition) is 1. The van der Waals surface area contributed by atoms with Crippen LogP contribution in [0.15, 0.2) is 6.07 Å². The lowest BCUT2D eigenvalue weighted by Crippen LogP contribution is -2.50. The molecule has 1 aromatic heterocycles. The maximum Gasteiger partial charge on any atom is 0.236 e. The number of hydrogen-bond acceptors (Lipinski definition) is 6. The summed E-state index contributed by atoms with van der Waals surface area (Å²) in [5.74, 6) is 1.40. The Labute approximate surface area is 132 Å². The minimum atomic E-state index is 0.209. The molecule has 22 heavy (non-hydrogen) atoms. The highest BCUT2D eigenvalue weighted by Crippen LogP contribution is 2.15. The van der Waals surface area contributed by atoms with Crippen molar-refractivity contribution in [3.63, 3.8) is 0 Å². The van der Waals surface area contributed by atoms with Crippen LogP contribution in [0.2, 0.25) is 0 Å². The molecule has 0 radical (unpaired) electrons. The molecule has 1 aromatic rings.